The minimum absolute atomic E-state index is 0.228. The third-order valence-corrected chi connectivity index (χ3v) is 5.39. The number of hydrogen-bond acceptors (Lipinski definition) is 6. The van der Waals surface area contributed by atoms with Gasteiger partial charge in [0.25, 0.3) is 5.91 Å². The number of hydrogen-bond donors (Lipinski definition) is 0. The number of nitrogens with zero attached hydrogens (tertiary/aromatic N) is 2. The topological polar surface area (TPSA) is 71.3 Å². The highest BCUT2D eigenvalue weighted by Gasteiger charge is 2.17. The molecule has 28 heavy (non-hydrogen) atoms. The third kappa shape index (κ3) is 3.31. The summed E-state index contributed by atoms with van der Waals surface area (Å²) in [6.07, 6.45) is 0. The van der Waals surface area contributed by atoms with Gasteiger partial charge in [0.15, 0.2) is 27.8 Å². The van der Waals surface area contributed by atoms with Crippen LogP contribution in [0.5, 0.6) is 23.0 Å². The molecule has 146 valence electrons. The van der Waals surface area contributed by atoms with E-state index in [-0.39, 0.29) is 12.7 Å². The predicted octanol–water partition coefficient (Wildman–Crippen LogP) is 3.51. The van der Waals surface area contributed by atoms with Gasteiger partial charge in [-0.2, -0.15) is 4.99 Å². The Morgan fingerprint density at radius 2 is 1.82 bits per heavy atom. The van der Waals surface area contributed by atoms with Crippen molar-refractivity contribution in [3.8, 4) is 23.0 Å². The molecule has 1 aliphatic rings. The van der Waals surface area contributed by atoms with Gasteiger partial charge in [0.05, 0.1) is 23.4 Å². The number of aromatic nitrogens is 1. The zero-order valence-corrected chi connectivity index (χ0v) is 16.7. The maximum atomic E-state index is 12.8. The van der Waals surface area contributed by atoms with Gasteiger partial charge in [0.1, 0.15) is 0 Å². The average Bonchev–Trinajstić information content (AvgIpc) is 3.26. The SMILES string of the molecule is CCOc1ccc(C(=O)N=c2sc3cc4c(cc3n2C)OCO4)cc1OCC. The number of benzene rings is 2. The summed E-state index contributed by atoms with van der Waals surface area (Å²) in [4.78, 5) is 17.7. The Bertz CT molecular complexity index is 1120. The van der Waals surface area contributed by atoms with Crippen LogP contribution < -0.4 is 23.7 Å². The Balaban J connectivity index is 1.72. The Hall–Kier alpha value is -3.00. The van der Waals surface area contributed by atoms with Crippen molar-refractivity contribution in [1.29, 1.82) is 0 Å². The van der Waals surface area contributed by atoms with Crippen LogP contribution in [0.4, 0.5) is 0 Å². The molecule has 0 bridgehead atoms. The van der Waals surface area contributed by atoms with Gasteiger partial charge in [-0.1, -0.05) is 11.3 Å². The van der Waals surface area contributed by atoms with Crippen LogP contribution in [0.1, 0.15) is 24.2 Å². The van der Waals surface area contributed by atoms with Crippen LogP contribution in [0.25, 0.3) is 10.2 Å². The summed E-state index contributed by atoms with van der Waals surface area (Å²) in [6, 6.07) is 8.92. The monoisotopic (exact) mass is 400 g/mol. The summed E-state index contributed by atoms with van der Waals surface area (Å²) in [5.41, 5.74) is 1.38. The first-order valence-electron chi connectivity index (χ1n) is 8.98. The molecule has 0 saturated carbocycles. The van der Waals surface area contributed by atoms with Gasteiger partial charge in [0, 0.05) is 24.7 Å². The van der Waals surface area contributed by atoms with E-state index in [0.29, 0.717) is 46.6 Å². The molecule has 0 radical (unpaired) electrons. The van der Waals surface area contributed by atoms with Crippen molar-refractivity contribution in [2.45, 2.75) is 13.8 Å². The van der Waals surface area contributed by atoms with Crippen molar-refractivity contribution in [1.82, 2.24) is 4.57 Å². The molecule has 7 nitrogen and oxygen atoms in total. The van der Waals surface area contributed by atoms with Crippen molar-refractivity contribution >= 4 is 27.5 Å². The van der Waals surface area contributed by atoms with Gasteiger partial charge >= 0.3 is 0 Å². The Labute approximate surface area is 165 Å². The predicted molar refractivity (Wildman–Crippen MR) is 106 cm³/mol. The Kier molecular flexibility index (Phi) is 4.95. The van der Waals surface area contributed by atoms with Crippen LogP contribution in [0.15, 0.2) is 35.3 Å². The lowest BCUT2D eigenvalue weighted by Gasteiger charge is -2.11. The lowest BCUT2D eigenvalue weighted by molar-refractivity contribution is 0.0997. The lowest BCUT2D eigenvalue weighted by Crippen LogP contribution is -2.13. The minimum atomic E-state index is -0.341. The van der Waals surface area contributed by atoms with Gasteiger partial charge in [-0.3, -0.25) is 4.79 Å². The van der Waals surface area contributed by atoms with E-state index in [2.05, 4.69) is 4.99 Å². The molecule has 0 aliphatic carbocycles. The number of thiazole rings is 1. The standard InChI is InChI=1S/C20H20N2O5S/c1-4-24-14-7-6-12(8-15(14)25-5-2)19(23)21-20-22(3)13-9-16-17(27-11-26-16)10-18(13)28-20/h6-10H,4-5,11H2,1-3H3. The smallest absolute Gasteiger partial charge is 0.279 e. The number of rotatable bonds is 5. The summed E-state index contributed by atoms with van der Waals surface area (Å²) in [5.74, 6) is 2.22. The molecule has 0 atom stereocenters. The van der Waals surface area contributed by atoms with Gasteiger partial charge < -0.3 is 23.5 Å². The number of fused-ring (bicyclic) bond motifs is 2. The van der Waals surface area contributed by atoms with E-state index >= 15 is 0 Å². The van der Waals surface area contributed by atoms with Crippen LogP contribution in [-0.4, -0.2) is 30.5 Å². The number of ether oxygens (including phenoxy) is 4. The van der Waals surface area contributed by atoms with Crippen molar-refractivity contribution in [2.75, 3.05) is 20.0 Å². The minimum Gasteiger partial charge on any atom is -0.490 e. The highest BCUT2D eigenvalue weighted by atomic mass is 32.1. The molecule has 0 N–H and O–H groups in total. The molecule has 1 aliphatic heterocycles. The van der Waals surface area contributed by atoms with E-state index in [4.69, 9.17) is 18.9 Å². The molecule has 0 fully saturated rings. The Morgan fingerprint density at radius 1 is 1.11 bits per heavy atom. The molecular weight excluding hydrogens is 380 g/mol. The van der Waals surface area contributed by atoms with E-state index in [0.717, 1.165) is 10.2 Å². The van der Waals surface area contributed by atoms with E-state index in [1.165, 1.54) is 11.3 Å². The second-order valence-corrected chi connectivity index (χ2v) is 7.07. The molecule has 0 unspecified atom stereocenters. The molecule has 2 aromatic carbocycles. The zero-order valence-electron chi connectivity index (χ0n) is 15.9. The second-order valence-electron chi connectivity index (χ2n) is 6.06. The van der Waals surface area contributed by atoms with Crippen LogP contribution in [0.3, 0.4) is 0 Å². The number of amides is 1. The molecule has 0 spiro atoms. The quantitative estimate of drug-likeness (QED) is 0.655. The molecule has 8 heteroatoms. The van der Waals surface area contributed by atoms with Gasteiger partial charge in [-0.25, -0.2) is 0 Å². The summed E-state index contributed by atoms with van der Waals surface area (Å²) < 4.78 is 24.9. The van der Waals surface area contributed by atoms with E-state index in [1.54, 1.807) is 18.2 Å². The van der Waals surface area contributed by atoms with Gasteiger partial charge in [-0.15, -0.1) is 0 Å². The summed E-state index contributed by atoms with van der Waals surface area (Å²) in [6.45, 7) is 5.02. The molecular formula is C20H20N2O5S. The van der Waals surface area contributed by atoms with Crippen LogP contribution in [0, 0.1) is 0 Å². The highest BCUT2D eigenvalue weighted by molar-refractivity contribution is 7.16. The van der Waals surface area contributed by atoms with E-state index < -0.39 is 0 Å². The number of carbonyl (C=O) groups excluding carboxylic acids is 1. The summed E-state index contributed by atoms with van der Waals surface area (Å²) in [5, 5.41) is 0. The fourth-order valence-corrected chi connectivity index (χ4v) is 3.99. The van der Waals surface area contributed by atoms with Gasteiger partial charge in [-0.05, 0) is 32.0 Å². The fraction of sp³-hybridized carbons (Fsp3) is 0.300. The second kappa shape index (κ2) is 7.55. The van der Waals surface area contributed by atoms with Crippen molar-refractivity contribution in [3.05, 3.63) is 40.7 Å². The number of carbonyl (C=O) groups is 1. The molecule has 1 amide bonds. The third-order valence-electron chi connectivity index (χ3n) is 4.29. The van der Waals surface area contributed by atoms with Crippen LogP contribution in [0.2, 0.25) is 0 Å². The van der Waals surface area contributed by atoms with Crippen LogP contribution >= 0.6 is 11.3 Å². The maximum Gasteiger partial charge on any atom is 0.279 e. The normalized spacial score (nSPS) is 13.2. The van der Waals surface area contributed by atoms with Crippen LogP contribution in [-0.2, 0) is 7.05 Å². The summed E-state index contributed by atoms with van der Waals surface area (Å²) in [7, 11) is 1.87. The Morgan fingerprint density at radius 3 is 2.57 bits per heavy atom. The van der Waals surface area contributed by atoms with E-state index in [1.807, 2.05) is 37.6 Å². The zero-order chi connectivity index (χ0) is 19.7. The largest absolute Gasteiger partial charge is 0.490 e. The van der Waals surface area contributed by atoms with Gasteiger partial charge in [0.2, 0.25) is 6.79 Å². The van der Waals surface area contributed by atoms with E-state index in [9.17, 15) is 4.79 Å². The van der Waals surface area contributed by atoms with Crippen molar-refractivity contribution < 1.29 is 23.7 Å². The first-order valence-corrected chi connectivity index (χ1v) is 9.80. The molecule has 4 rings (SSSR count). The number of aryl methyl sites for hydroxylation is 1. The summed E-state index contributed by atoms with van der Waals surface area (Å²) >= 11 is 1.42. The lowest BCUT2D eigenvalue weighted by atomic mass is 10.2. The average molecular weight is 400 g/mol. The molecule has 1 aromatic heterocycles. The highest BCUT2D eigenvalue weighted by Crippen LogP contribution is 2.36. The maximum absolute atomic E-state index is 12.8. The molecule has 3 aromatic rings. The fourth-order valence-electron chi connectivity index (χ4n) is 2.96. The van der Waals surface area contributed by atoms with Crippen molar-refractivity contribution in [2.24, 2.45) is 12.0 Å². The first-order chi connectivity index (χ1) is 13.6. The first kappa shape index (κ1) is 18.4. The molecule has 2 heterocycles. The molecule has 0 saturated heterocycles. The van der Waals surface area contributed by atoms with Crippen molar-refractivity contribution in [3.63, 3.8) is 0 Å².